The van der Waals surface area contributed by atoms with Gasteiger partial charge in [-0.1, -0.05) is 22.5 Å². The zero-order valence-electron chi connectivity index (χ0n) is 6.65. The minimum Gasteiger partial charge on any atom is -0.264 e. The number of rotatable bonds is 2. The van der Waals surface area contributed by atoms with Gasteiger partial charge in [-0.15, -0.1) is 0 Å². The molecule has 0 aliphatic heterocycles. The molecule has 0 aliphatic carbocycles. The van der Waals surface area contributed by atoms with Crippen molar-refractivity contribution in [2.45, 2.75) is 0 Å². The Morgan fingerprint density at radius 1 is 1.38 bits per heavy atom. The quantitative estimate of drug-likeness (QED) is 0.706. The van der Waals surface area contributed by atoms with Crippen LogP contribution in [0.2, 0.25) is 0 Å². The average molecular weight is 246 g/mol. The largest absolute Gasteiger partial charge is 0.264 e. The highest BCUT2D eigenvalue weighted by Crippen LogP contribution is 2.32. The molecular weight excluding hydrogens is 240 g/mol. The molecule has 0 spiro atoms. The topological polar surface area (TPSA) is 12.4 Å². The molecule has 0 unspecified atom stereocenters. The van der Waals surface area contributed by atoms with Gasteiger partial charge in [-0.3, -0.25) is 4.99 Å². The Morgan fingerprint density at radius 3 is 2.46 bits per heavy atom. The van der Waals surface area contributed by atoms with Crippen molar-refractivity contribution >= 4 is 32.8 Å². The van der Waals surface area contributed by atoms with Gasteiger partial charge in [-0.25, -0.2) is 8.78 Å². The highest BCUT2D eigenvalue weighted by atomic mass is 79.9. The molecule has 1 rings (SSSR count). The maximum absolute atomic E-state index is 13.1. The molecule has 4 heteroatoms. The lowest BCUT2D eigenvalue weighted by Crippen LogP contribution is -1.88. The number of benzene rings is 1. The number of aliphatic imine (C=N–C) groups is 1. The first-order valence-electron chi connectivity index (χ1n) is 3.37. The molecule has 0 aromatic heterocycles. The van der Waals surface area contributed by atoms with Crippen molar-refractivity contribution in [3.63, 3.8) is 0 Å². The van der Waals surface area contributed by atoms with Crippen molar-refractivity contribution in [3.8, 4) is 0 Å². The molecule has 0 saturated carbocycles. The number of nitrogens with zero attached hydrogens (tertiary/aromatic N) is 1. The van der Waals surface area contributed by atoms with E-state index in [1.165, 1.54) is 0 Å². The first-order chi connectivity index (χ1) is 6.06. The zero-order valence-corrected chi connectivity index (χ0v) is 8.24. The summed E-state index contributed by atoms with van der Waals surface area (Å²) in [5.74, 6) is -1.39. The fraction of sp³-hybridized carbons (Fsp3) is 0. The van der Waals surface area contributed by atoms with Crippen LogP contribution in [-0.4, -0.2) is 6.72 Å². The molecule has 0 bridgehead atoms. The number of hydrogen-bond donors (Lipinski definition) is 0. The van der Waals surface area contributed by atoms with Crippen LogP contribution in [0.1, 0.15) is 5.56 Å². The molecule has 0 radical (unpaired) electrons. The van der Waals surface area contributed by atoms with Gasteiger partial charge in [0.2, 0.25) is 0 Å². The molecule has 0 N–H and O–H groups in total. The van der Waals surface area contributed by atoms with Crippen molar-refractivity contribution in [2.24, 2.45) is 4.99 Å². The Kier molecular flexibility index (Phi) is 2.93. The standard InChI is InChI=1S/C9H6BrF2N/c1-5(10)9-7(12)3-6(11)4-8(9)13-2/h3-4H,1-2H2. The van der Waals surface area contributed by atoms with E-state index in [4.69, 9.17) is 0 Å². The van der Waals surface area contributed by atoms with Gasteiger partial charge >= 0.3 is 0 Å². The minimum atomic E-state index is -0.704. The monoisotopic (exact) mass is 245 g/mol. The summed E-state index contributed by atoms with van der Waals surface area (Å²) in [6.45, 7) is 6.70. The molecule has 0 heterocycles. The Hall–Kier alpha value is -1.03. The molecule has 1 aromatic rings. The van der Waals surface area contributed by atoms with Gasteiger partial charge in [0.05, 0.1) is 5.69 Å². The van der Waals surface area contributed by atoms with Crippen LogP contribution in [0.5, 0.6) is 0 Å². The van der Waals surface area contributed by atoms with Crippen LogP contribution >= 0.6 is 15.9 Å². The van der Waals surface area contributed by atoms with E-state index >= 15 is 0 Å². The Bertz CT molecular complexity index is 374. The number of halogens is 3. The van der Waals surface area contributed by atoms with E-state index in [-0.39, 0.29) is 11.3 Å². The fourth-order valence-electron chi connectivity index (χ4n) is 0.953. The lowest BCUT2D eigenvalue weighted by atomic mass is 10.1. The van der Waals surface area contributed by atoms with Gasteiger partial charge < -0.3 is 0 Å². The van der Waals surface area contributed by atoms with Gasteiger partial charge in [0.1, 0.15) is 11.6 Å². The summed E-state index contributed by atoms with van der Waals surface area (Å²) in [5, 5.41) is 0. The Labute approximate surface area is 82.9 Å². The van der Waals surface area contributed by atoms with Gasteiger partial charge in [0, 0.05) is 22.2 Å². The van der Waals surface area contributed by atoms with Crippen LogP contribution in [0, 0.1) is 11.6 Å². The van der Waals surface area contributed by atoms with Gasteiger partial charge in [-0.2, -0.15) is 0 Å². The van der Waals surface area contributed by atoms with Crippen LogP contribution in [0.4, 0.5) is 14.5 Å². The van der Waals surface area contributed by atoms with Crippen molar-refractivity contribution in [2.75, 3.05) is 0 Å². The molecule has 0 saturated heterocycles. The van der Waals surface area contributed by atoms with Gasteiger partial charge in [0.15, 0.2) is 0 Å². The summed E-state index contributed by atoms with van der Waals surface area (Å²) < 4.78 is 26.1. The van der Waals surface area contributed by atoms with E-state index in [1.54, 1.807) is 0 Å². The van der Waals surface area contributed by atoms with E-state index < -0.39 is 11.6 Å². The normalized spacial score (nSPS) is 9.77. The van der Waals surface area contributed by atoms with Crippen molar-refractivity contribution < 1.29 is 8.78 Å². The summed E-state index contributed by atoms with van der Waals surface area (Å²) >= 11 is 3.00. The van der Waals surface area contributed by atoms with E-state index in [2.05, 4.69) is 34.2 Å². The third kappa shape index (κ3) is 2.01. The summed E-state index contributed by atoms with van der Waals surface area (Å²) in [4.78, 5) is 3.49. The van der Waals surface area contributed by atoms with Crippen LogP contribution in [0.15, 0.2) is 23.7 Å². The lowest BCUT2D eigenvalue weighted by Gasteiger charge is -2.04. The van der Waals surface area contributed by atoms with E-state index in [0.29, 0.717) is 4.48 Å². The summed E-state index contributed by atoms with van der Waals surface area (Å²) in [6, 6.07) is 1.87. The predicted molar refractivity (Wildman–Crippen MR) is 53.5 cm³/mol. The van der Waals surface area contributed by atoms with E-state index in [0.717, 1.165) is 12.1 Å². The molecule has 0 aliphatic rings. The van der Waals surface area contributed by atoms with Gasteiger partial charge in [0.25, 0.3) is 0 Å². The van der Waals surface area contributed by atoms with Crippen molar-refractivity contribution in [1.82, 2.24) is 0 Å². The average Bonchev–Trinajstić information content (AvgIpc) is 2.01. The first-order valence-corrected chi connectivity index (χ1v) is 4.16. The third-order valence-electron chi connectivity index (χ3n) is 1.48. The van der Waals surface area contributed by atoms with Crippen LogP contribution in [0.25, 0.3) is 4.48 Å². The Balaban J connectivity index is 3.47. The van der Waals surface area contributed by atoms with E-state index in [1.807, 2.05) is 0 Å². The fourth-order valence-corrected chi connectivity index (χ4v) is 1.35. The van der Waals surface area contributed by atoms with Crippen molar-refractivity contribution in [1.29, 1.82) is 0 Å². The van der Waals surface area contributed by atoms with E-state index in [9.17, 15) is 8.78 Å². The molecule has 0 amide bonds. The maximum atomic E-state index is 13.1. The molecular formula is C9H6BrF2N. The highest BCUT2D eigenvalue weighted by molar-refractivity contribution is 9.15. The zero-order chi connectivity index (χ0) is 10.0. The highest BCUT2D eigenvalue weighted by Gasteiger charge is 2.11. The second kappa shape index (κ2) is 3.79. The lowest BCUT2D eigenvalue weighted by molar-refractivity contribution is 0.582. The minimum absolute atomic E-state index is 0.136. The van der Waals surface area contributed by atoms with Gasteiger partial charge in [-0.05, 0) is 6.72 Å². The molecule has 1 aromatic carbocycles. The van der Waals surface area contributed by atoms with Crippen molar-refractivity contribution in [3.05, 3.63) is 35.9 Å². The number of hydrogen-bond acceptors (Lipinski definition) is 1. The predicted octanol–water partition coefficient (Wildman–Crippen LogP) is 3.66. The molecule has 1 nitrogen and oxygen atoms in total. The molecule has 0 atom stereocenters. The second-order valence-electron chi connectivity index (χ2n) is 2.34. The SMILES string of the molecule is C=Nc1cc(F)cc(F)c1C(=C)Br. The maximum Gasteiger partial charge on any atom is 0.136 e. The summed E-state index contributed by atoms with van der Waals surface area (Å²) in [6.07, 6.45) is 0. The Morgan fingerprint density at radius 2 is 2.00 bits per heavy atom. The molecule has 13 heavy (non-hydrogen) atoms. The second-order valence-corrected chi connectivity index (χ2v) is 3.30. The third-order valence-corrected chi connectivity index (χ3v) is 1.87. The van der Waals surface area contributed by atoms with Crippen LogP contribution in [-0.2, 0) is 0 Å². The molecule has 68 valence electrons. The first kappa shape index (κ1) is 10.1. The summed E-state index contributed by atoms with van der Waals surface area (Å²) in [5.41, 5.74) is 0.274. The molecule has 0 fully saturated rings. The summed E-state index contributed by atoms with van der Waals surface area (Å²) in [7, 11) is 0. The van der Waals surface area contributed by atoms with Crippen LogP contribution in [0.3, 0.4) is 0 Å². The smallest absolute Gasteiger partial charge is 0.136 e. The van der Waals surface area contributed by atoms with Crippen LogP contribution < -0.4 is 0 Å².